The van der Waals surface area contributed by atoms with Crippen LogP contribution in [0.2, 0.25) is 0 Å². The van der Waals surface area contributed by atoms with Gasteiger partial charge in [0.25, 0.3) is 0 Å². The Bertz CT molecular complexity index is 903. The summed E-state index contributed by atoms with van der Waals surface area (Å²) in [5.74, 6) is 0. The maximum absolute atomic E-state index is 2.43. The molecule has 0 saturated carbocycles. The number of rotatable bonds is 0. The predicted octanol–water partition coefficient (Wildman–Crippen LogP) is 4.79. The second-order valence-corrected chi connectivity index (χ2v) is 6.31. The van der Waals surface area contributed by atoms with E-state index in [1.54, 1.807) is 0 Å². The van der Waals surface area contributed by atoms with Crippen LogP contribution in [0.15, 0.2) is 60.7 Å². The maximum atomic E-state index is 2.43. The van der Waals surface area contributed by atoms with Gasteiger partial charge in [-0.1, -0.05) is 54.6 Å². The molecule has 102 valence electrons. The fourth-order valence-electron chi connectivity index (χ4n) is 4.54. The number of fused-ring (bicyclic) bond motifs is 7. The van der Waals surface area contributed by atoms with Crippen molar-refractivity contribution in [2.24, 2.45) is 7.05 Å². The third-order valence-corrected chi connectivity index (χ3v) is 5.37. The molecule has 0 saturated heterocycles. The molecule has 2 aliphatic carbocycles. The summed E-state index contributed by atoms with van der Waals surface area (Å²) in [6.45, 7) is 0. The fourth-order valence-corrected chi connectivity index (χ4v) is 4.54. The number of allylic oxidation sites excluding steroid dienone is 2. The molecule has 1 nitrogen and oxygen atoms in total. The smallest absolute Gasteiger partial charge is 0.0486 e. The molecular weight excluding hydrogens is 254 g/mol. The summed E-state index contributed by atoms with van der Waals surface area (Å²) in [5.41, 5.74) is 7.44. The van der Waals surface area contributed by atoms with Gasteiger partial charge in [0.1, 0.15) is 0 Å². The number of nitrogens with zero attached hydrogens (tertiary/aromatic N) is 1. The summed E-state index contributed by atoms with van der Waals surface area (Å²) in [5, 5.41) is 1.39. The van der Waals surface area contributed by atoms with Crippen molar-refractivity contribution in [2.45, 2.75) is 18.3 Å². The lowest BCUT2D eigenvalue weighted by Crippen LogP contribution is -2.24. The van der Waals surface area contributed by atoms with Crippen LogP contribution in [0.25, 0.3) is 22.0 Å². The number of hydrogen-bond donors (Lipinski definition) is 0. The Morgan fingerprint density at radius 2 is 1.62 bits per heavy atom. The van der Waals surface area contributed by atoms with E-state index in [1.807, 2.05) is 0 Å². The maximum Gasteiger partial charge on any atom is 0.0486 e. The topological polar surface area (TPSA) is 4.93 Å². The van der Waals surface area contributed by atoms with Crippen molar-refractivity contribution in [1.82, 2.24) is 4.57 Å². The number of benzene rings is 2. The minimum Gasteiger partial charge on any atom is -0.346 e. The lowest BCUT2D eigenvalue weighted by Gasteiger charge is -2.27. The Morgan fingerprint density at radius 3 is 2.48 bits per heavy atom. The molecule has 0 fully saturated rings. The molecule has 1 heteroatoms. The van der Waals surface area contributed by atoms with Gasteiger partial charge in [-0.15, -0.1) is 0 Å². The Kier molecular flexibility index (Phi) is 1.99. The summed E-state index contributed by atoms with van der Waals surface area (Å²) >= 11 is 0. The van der Waals surface area contributed by atoms with Crippen molar-refractivity contribution >= 4 is 10.9 Å². The second-order valence-electron chi connectivity index (χ2n) is 6.31. The molecule has 1 spiro atoms. The van der Waals surface area contributed by atoms with E-state index in [1.165, 1.54) is 33.3 Å². The van der Waals surface area contributed by atoms with Crippen LogP contribution in [0, 0.1) is 0 Å². The van der Waals surface area contributed by atoms with Gasteiger partial charge < -0.3 is 4.57 Å². The van der Waals surface area contributed by atoms with Gasteiger partial charge in [-0.3, -0.25) is 0 Å². The first-order chi connectivity index (χ1) is 10.3. The SMILES string of the molecule is Cn1c2c(c3ccccc31)-c1ccccc1C21CC=CC1. The normalized spacial score (nSPS) is 17.6. The van der Waals surface area contributed by atoms with Crippen molar-refractivity contribution < 1.29 is 0 Å². The van der Waals surface area contributed by atoms with Gasteiger partial charge >= 0.3 is 0 Å². The molecular formula is C20H17N. The predicted molar refractivity (Wildman–Crippen MR) is 87.5 cm³/mol. The Morgan fingerprint density at radius 1 is 0.905 bits per heavy atom. The summed E-state index contributed by atoms with van der Waals surface area (Å²) in [7, 11) is 2.23. The van der Waals surface area contributed by atoms with Crippen molar-refractivity contribution in [2.75, 3.05) is 0 Å². The fraction of sp³-hybridized carbons (Fsp3) is 0.200. The second kappa shape index (κ2) is 3.67. The standard InChI is InChI=1S/C20H17N/c1-21-17-11-5-3-9-15(17)18-14-8-2-4-10-16(14)20(19(18)21)12-6-7-13-20/h2-11H,12-13H2,1H3. The molecule has 2 aromatic carbocycles. The minimum absolute atomic E-state index is 0.166. The van der Waals surface area contributed by atoms with Gasteiger partial charge in [0.2, 0.25) is 0 Å². The van der Waals surface area contributed by atoms with Crippen LogP contribution >= 0.6 is 0 Å². The molecule has 1 aromatic heterocycles. The highest BCUT2D eigenvalue weighted by atomic mass is 15.0. The molecule has 21 heavy (non-hydrogen) atoms. The van der Waals surface area contributed by atoms with Crippen LogP contribution in [-0.4, -0.2) is 4.57 Å². The molecule has 0 atom stereocenters. The van der Waals surface area contributed by atoms with E-state index < -0.39 is 0 Å². The van der Waals surface area contributed by atoms with E-state index in [2.05, 4.69) is 72.3 Å². The average molecular weight is 271 g/mol. The highest BCUT2D eigenvalue weighted by molar-refractivity contribution is 6.02. The van der Waals surface area contributed by atoms with E-state index in [-0.39, 0.29) is 5.41 Å². The third-order valence-electron chi connectivity index (χ3n) is 5.37. The van der Waals surface area contributed by atoms with E-state index in [4.69, 9.17) is 0 Å². The molecule has 0 amide bonds. The Labute approximate surface area is 124 Å². The van der Waals surface area contributed by atoms with Gasteiger partial charge in [-0.25, -0.2) is 0 Å². The number of aromatic nitrogens is 1. The number of aryl methyl sites for hydroxylation is 1. The Hall–Kier alpha value is -2.28. The average Bonchev–Trinajstić information content (AvgIpc) is 3.19. The first-order valence-corrected chi connectivity index (χ1v) is 7.66. The van der Waals surface area contributed by atoms with Gasteiger partial charge in [-0.2, -0.15) is 0 Å². The lowest BCUT2D eigenvalue weighted by molar-refractivity contribution is 0.535. The van der Waals surface area contributed by atoms with Gasteiger partial charge in [0.05, 0.1) is 0 Å². The summed E-state index contributed by atoms with van der Waals surface area (Å²) < 4.78 is 2.43. The lowest BCUT2D eigenvalue weighted by atomic mass is 9.78. The van der Waals surface area contributed by atoms with E-state index in [0.717, 1.165) is 12.8 Å². The molecule has 5 rings (SSSR count). The van der Waals surface area contributed by atoms with Crippen molar-refractivity contribution in [3.8, 4) is 11.1 Å². The molecule has 0 radical (unpaired) electrons. The molecule has 0 unspecified atom stereocenters. The third kappa shape index (κ3) is 1.19. The molecule has 1 heterocycles. The van der Waals surface area contributed by atoms with Crippen LogP contribution in [0.5, 0.6) is 0 Å². The quantitative estimate of drug-likeness (QED) is 0.518. The van der Waals surface area contributed by atoms with Crippen LogP contribution in [0.4, 0.5) is 0 Å². The molecule has 3 aromatic rings. The summed E-state index contributed by atoms with van der Waals surface area (Å²) in [6.07, 6.45) is 6.95. The highest BCUT2D eigenvalue weighted by Crippen LogP contribution is 2.57. The molecule has 0 bridgehead atoms. The molecule has 2 aliphatic rings. The largest absolute Gasteiger partial charge is 0.346 e. The number of hydrogen-bond acceptors (Lipinski definition) is 0. The number of para-hydroxylation sites is 1. The van der Waals surface area contributed by atoms with Crippen LogP contribution in [0.1, 0.15) is 24.1 Å². The zero-order chi connectivity index (χ0) is 14.0. The van der Waals surface area contributed by atoms with E-state index in [0.29, 0.717) is 0 Å². The van der Waals surface area contributed by atoms with Crippen LogP contribution in [0.3, 0.4) is 0 Å². The van der Waals surface area contributed by atoms with Crippen molar-refractivity contribution in [1.29, 1.82) is 0 Å². The van der Waals surface area contributed by atoms with E-state index in [9.17, 15) is 0 Å². The molecule has 0 aliphatic heterocycles. The first-order valence-electron chi connectivity index (χ1n) is 7.66. The summed E-state index contributed by atoms with van der Waals surface area (Å²) in [6, 6.07) is 17.8. The van der Waals surface area contributed by atoms with Crippen molar-refractivity contribution in [3.63, 3.8) is 0 Å². The van der Waals surface area contributed by atoms with Gasteiger partial charge in [-0.05, 0) is 30.0 Å². The van der Waals surface area contributed by atoms with Crippen LogP contribution < -0.4 is 0 Å². The first kappa shape index (κ1) is 11.4. The minimum atomic E-state index is 0.166. The zero-order valence-electron chi connectivity index (χ0n) is 12.1. The van der Waals surface area contributed by atoms with E-state index >= 15 is 0 Å². The molecule has 0 N–H and O–H groups in total. The summed E-state index contributed by atoms with van der Waals surface area (Å²) in [4.78, 5) is 0. The van der Waals surface area contributed by atoms with Gasteiger partial charge in [0, 0.05) is 34.6 Å². The highest BCUT2D eigenvalue weighted by Gasteiger charge is 2.46. The van der Waals surface area contributed by atoms with Crippen LogP contribution in [-0.2, 0) is 12.5 Å². The zero-order valence-corrected chi connectivity index (χ0v) is 12.1. The van der Waals surface area contributed by atoms with Crippen molar-refractivity contribution in [3.05, 3.63) is 71.9 Å². The Balaban J connectivity index is 2.00. The van der Waals surface area contributed by atoms with Gasteiger partial charge in [0.15, 0.2) is 0 Å². The monoisotopic (exact) mass is 271 g/mol.